The Morgan fingerprint density at radius 1 is 1.46 bits per heavy atom. The number of allylic oxidation sites excluding steroid dienone is 1. The molecule has 0 aromatic rings. The molecule has 4 heteroatoms. The first kappa shape index (κ1) is 11.8. The van der Waals surface area contributed by atoms with Crippen molar-refractivity contribution in [3.05, 3.63) is 11.8 Å². The minimum atomic E-state index is 0. The van der Waals surface area contributed by atoms with Crippen LogP contribution in [0.3, 0.4) is 0 Å². The predicted molar refractivity (Wildman–Crippen MR) is 51.9 cm³/mol. The number of nitriles is 2. The third-order valence-corrected chi connectivity index (χ3v) is 2.12. The van der Waals surface area contributed by atoms with Gasteiger partial charge in [-0.15, -0.1) is 12.4 Å². The zero-order chi connectivity index (χ0) is 9.03. The molecule has 0 spiro atoms. The first-order chi connectivity index (χ1) is 5.70. The van der Waals surface area contributed by atoms with E-state index in [2.05, 4.69) is 12.2 Å². The molecule has 1 aliphatic rings. The van der Waals surface area contributed by atoms with Crippen molar-refractivity contribution in [3.8, 4) is 12.1 Å². The van der Waals surface area contributed by atoms with Crippen molar-refractivity contribution in [2.75, 3.05) is 6.54 Å². The van der Waals surface area contributed by atoms with E-state index in [1.807, 2.05) is 0 Å². The first-order valence-corrected chi connectivity index (χ1v) is 3.94. The quantitative estimate of drug-likeness (QED) is 0.701. The van der Waals surface area contributed by atoms with Crippen LogP contribution in [0, 0.1) is 28.1 Å². The maximum absolute atomic E-state index is 8.39. The molecular weight excluding hydrogens is 186 g/mol. The lowest BCUT2D eigenvalue weighted by Crippen LogP contribution is -2.16. The van der Waals surface area contributed by atoms with Crippen molar-refractivity contribution in [2.24, 2.45) is 5.41 Å². The molecule has 0 heterocycles. The highest BCUT2D eigenvalue weighted by Gasteiger charge is 2.36. The summed E-state index contributed by atoms with van der Waals surface area (Å²) in [6.07, 6.45) is 3.97. The normalized spacial score (nSPS) is 15.6. The number of hydrogen-bond donors (Lipinski definition) is 1. The van der Waals surface area contributed by atoms with Crippen LogP contribution in [-0.4, -0.2) is 6.54 Å². The van der Waals surface area contributed by atoms with Gasteiger partial charge in [0.25, 0.3) is 0 Å². The van der Waals surface area contributed by atoms with Crippen molar-refractivity contribution < 1.29 is 0 Å². The second kappa shape index (κ2) is 4.74. The molecule has 0 amide bonds. The van der Waals surface area contributed by atoms with Crippen LogP contribution in [0.1, 0.15) is 19.8 Å². The van der Waals surface area contributed by atoms with Gasteiger partial charge in [0, 0.05) is 12.7 Å². The Balaban J connectivity index is 0.00000144. The zero-order valence-corrected chi connectivity index (χ0v) is 8.32. The van der Waals surface area contributed by atoms with Crippen LogP contribution in [0.25, 0.3) is 0 Å². The van der Waals surface area contributed by atoms with Crippen molar-refractivity contribution in [1.82, 2.24) is 5.32 Å². The average Bonchev–Trinajstić information content (AvgIpc) is 2.78. The number of nitrogens with one attached hydrogen (secondary N) is 1. The molecule has 0 aliphatic heterocycles. The summed E-state index contributed by atoms with van der Waals surface area (Å²) in [5.74, 6) is 0. The lowest BCUT2D eigenvalue weighted by molar-refractivity contribution is 0.544. The summed E-state index contributed by atoms with van der Waals surface area (Å²) in [6, 6.07) is 3.59. The third kappa shape index (κ3) is 3.83. The van der Waals surface area contributed by atoms with Gasteiger partial charge in [-0.3, -0.25) is 0 Å². The molecule has 0 aromatic heterocycles. The average molecular weight is 198 g/mol. The molecule has 1 rings (SSSR count). The fraction of sp³-hybridized carbons (Fsp3) is 0.556. The Bertz CT molecular complexity index is 262. The van der Waals surface area contributed by atoms with Crippen molar-refractivity contribution >= 4 is 12.4 Å². The topological polar surface area (TPSA) is 59.6 Å². The first-order valence-electron chi connectivity index (χ1n) is 3.94. The van der Waals surface area contributed by atoms with E-state index in [9.17, 15) is 0 Å². The van der Waals surface area contributed by atoms with E-state index in [1.165, 1.54) is 19.0 Å². The number of hydrogen-bond acceptors (Lipinski definition) is 3. The van der Waals surface area contributed by atoms with Gasteiger partial charge in [-0.25, -0.2) is 0 Å². The van der Waals surface area contributed by atoms with E-state index in [1.54, 1.807) is 12.1 Å². The largest absolute Gasteiger partial charge is 0.389 e. The molecule has 0 atom stereocenters. The standard InChI is InChI=1S/C9H11N3.ClH/c1-9(2-3-9)7-12-6-8(4-10)5-11;/h6,12H,2-3,7H2,1H3;1H. The molecule has 1 fully saturated rings. The monoisotopic (exact) mass is 197 g/mol. The zero-order valence-electron chi connectivity index (χ0n) is 7.50. The molecule has 1 saturated carbocycles. The van der Waals surface area contributed by atoms with Gasteiger partial charge < -0.3 is 5.32 Å². The lowest BCUT2D eigenvalue weighted by Gasteiger charge is -2.06. The van der Waals surface area contributed by atoms with Crippen molar-refractivity contribution in [1.29, 1.82) is 10.5 Å². The lowest BCUT2D eigenvalue weighted by atomic mass is 10.1. The molecule has 1 aliphatic carbocycles. The van der Waals surface area contributed by atoms with Crippen LogP contribution in [-0.2, 0) is 0 Å². The van der Waals surface area contributed by atoms with Gasteiger partial charge in [0.2, 0.25) is 0 Å². The van der Waals surface area contributed by atoms with Crippen molar-refractivity contribution in [3.63, 3.8) is 0 Å². The third-order valence-electron chi connectivity index (χ3n) is 2.12. The number of nitrogens with zero attached hydrogens (tertiary/aromatic N) is 2. The smallest absolute Gasteiger partial charge is 0.145 e. The van der Waals surface area contributed by atoms with E-state index in [-0.39, 0.29) is 18.0 Å². The Kier molecular flexibility index (Phi) is 4.31. The van der Waals surface area contributed by atoms with Gasteiger partial charge in [0.05, 0.1) is 0 Å². The van der Waals surface area contributed by atoms with Gasteiger partial charge in [-0.1, -0.05) is 6.92 Å². The van der Waals surface area contributed by atoms with Crippen LogP contribution in [0.2, 0.25) is 0 Å². The minimum absolute atomic E-state index is 0. The predicted octanol–water partition coefficient (Wildman–Crippen LogP) is 1.73. The molecular formula is C9H12ClN3. The highest BCUT2D eigenvalue weighted by Crippen LogP contribution is 2.43. The molecule has 3 nitrogen and oxygen atoms in total. The summed E-state index contributed by atoms with van der Waals surface area (Å²) < 4.78 is 0. The van der Waals surface area contributed by atoms with Crippen LogP contribution >= 0.6 is 12.4 Å². The number of rotatable bonds is 3. The summed E-state index contributed by atoms with van der Waals surface area (Å²) in [7, 11) is 0. The second-order valence-corrected chi connectivity index (χ2v) is 3.47. The molecule has 0 radical (unpaired) electrons. The van der Waals surface area contributed by atoms with Crippen LogP contribution in [0.5, 0.6) is 0 Å². The molecule has 0 aromatic carbocycles. The van der Waals surface area contributed by atoms with Crippen LogP contribution in [0.4, 0.5) is 0 Å². The summed E-state index contributed by atoms with van der Waals surface area (Å²) in [4.78, 5) is 0. The molecule has 0 saturated heterocycles. The fourth-order valence-corrected chi connectivity index (χ4v) is 0.879. The van der Waals surface area contributed by atoms with E-state index >= 15 is 0 Å². The van der Waals surface area contributed by atoms with E-state index in [4.69, 9.17) is 10.5 Å². The number of halogens is 1. The Morgan fingerprint density at radius 3 is 2.38 bits per heavy atom. The van der Waals surface area contributed by atoms with E-state index < -0.39 is 0 Å². The second-order valence-electron chi connectivity index (χ2n) is 3.47. The summed E-state index contributed by atoms with van der Waals surface area (Å²) in [5, 5.41) is 19.8. The molecule has 0 bridgehead atoms. The molecule has 13 heavy (non-hydrogen) atoms. The Morgan fingerprint density at radius 2 is 2.00 bits per heavy atom. The molecule has 1 N–H and O–H groups in total. The molecule has 70 valence electrons. The van der Waals surface area contributed by atoms with Gasteiger partial charge in [0.15, 0.2) is 0 Å². The molecule has 0 unspecified atom stereocenters. The van der Waals surface area contributed by atoms with Gasteiger partial charge >= 0.3 is 0 Å². The summed E-state index contributed by atoms with van der Waals surface area (Å²) in [6.45, 7) is 3.05. The Hall–Kier alpha value is -1.19. The van der Waals surface area contributed by atoms with Crippen molar-refractivity contribution in [2.45, 2.75) is 19.8 Å². The summed E-state index contributed by atoms with van der Waals surface area (Å²) in [5.41, 5.74) is 0.547. The van der Waals surface area contributed by atoms with E-state index in [0.717, 1.165) is 6.54 Å². The fourth-order valence-electron chi connectivity index (χ4n) is 0.879. The van der Waals surface area contributed by atoms with Gasteiger partial charge in [0.1, 0.15) is 17.7 Å². The highest BCUT2D eigenvalue weighted by atomic mass is 35.5. The SMILES string of the molecule is CC1(CNC=C(C#N)C#N)CC1.Cl. The maximum Gasteiger partial charge on any atom is 0.145 e. The maximum atomic E-state index is 8.39. The van der Waals surface area contributed by atoms with Gasteiger partial charge in [-0.05, 0) is 18.3 Å². The summed E-state index contributed by atoms with van der Waals surface area (Å²) >= 11 is 0. The van der Waals surface area contributed by atoms with Gasteiger partial charge in [-0.2, -0.15) is 10.5 Å². The van der Waals surface area contributed by atoms with Crippen LogP contribution < -0.4 is 5.32 Å². The highest BCUT2D eigenvalue weighted by molar-refractivity contribution is 5.85. The van der Waals surface area contributed by atoms with Crippen LogP contribution in [0.15, 0.2) is 11.8 Å². The minimum Gasteiger partial charge on any atom is -0.389 e. The van der Waals surface area contributed by atoms with E-state index in [0.29, 0.717) is 5.41 Å². The Labute approximate surface area is 84.5 Å².